The molecule has 3 rings (SSSR count). The number of nitriles is 1. The molecule has 0 bridgehead atoms. The maximum atomic E-state index is 11.9. The third-order valence-electron chi connectivity index (χ3n) is 4.29. The molecule has 0 fully saturated rings. The van der Waals surface area contributed by atoms with Crippen molar-refractivity contribution in [2.75, 3.05) is 0 Å². The normalized spacial score (nSPS) is 14.7. The molecule has 1 aromatic heterocycles. The number of hydrogen-bond donors (Lipinski definition) is 1. The number of allylic oxidation sites excluding steroid dienone is 1. The SMILES string of the molecule is CC(=N\c1sc2c(c1C(N)=O)CCCC2)/C(C#N)=C\c1ccccc1. The van der Waals surface area contributed by atoms with E-state index in [-0.39, 0.29) is 0 Å². The molecule has 0 spiro atoms. The third kappa shape index (κ3) is 3.70. The van der Waals surface area contributed by atoms with E-state index in [1.807, 2.05) is 30.3 Å². The number of rotatable bonds is 4. The van der Waals surface area contributed by atoms with Crippen LogP contribution in [0.4, 0.5) is 5.00 Å². The van der Waals surface area contributed by atoms with Gasteiger partial charge in [-0.15, -0.1) is 11.3 Å². The number of nitrogens with two attached hydrogens (primary N) is 1. The number of primary amides is 1. The van der Waals surface area contributed by atoms with E-state index in [0.29, 0.717) is 21.8 Å². The molecule has 25 heavy (non-hydrogen) atoms. The van der Waals surface area contributed by atoms with Gasteiger partial charge in [0, 0.05) is 4.88 Å². The van der Waals surface area contributed by atoms with Crippen molar-refractivity contribution in [3.63, 3.8) is 0 Å². The number of carbonyl (C=O) groups excluding carboxylic acids is 1. The van der Waals surface area contributed by atoms with E-state index in [9.17, 15) is 10.1 Å². The smallest absolute Gasteiger partial charge is 0.252 e. The molecule has 0 saturated carbocycles. The summed E-state index contributed by atoms with van der Waals surface area (Å²) >= 11 is 1.53. The Morgan fingerprint density at radius 1 is 1.28 bits per heavy atom. The zero-order chi connectivity index (χ0) is 17.8. The molecule has 1 heterocycles. The number of amides is 1. The van der Waals surface area contributed by atoms with Gasteiger partial charge in [-0.1, -0.05) is 30.3 Å². The van der Waals surface area contributed by atoms with E-state index in [0.717, 1.165) is 36.8 Å². The molecule has 2 aromatic rings. The van der Waals surface area contributed by atoms with Crippen molar-refractivity contribution in [1.82, 2.24) is 0 Å². The van der Waals surface area contributed by atoms with E-state index in [2.05, 4.69) is 11.1 Å². The summed E-state index contributed by atoms with van der Waals surface area (Å²) < 4.78 is 0. The fourth-order valence-electron chi connectivity index (χ4n) is 3.03. The number of nitrogens with zero attached hydrogens (tertiary/aromatic N) is 2. The Bertz CT molecular complexity index is 901. The largest absolute Gasteiger partial charge is 0.365 e. The van der Waals surface area contributed by atoms with Crippen molar-refractivity contribution in [3.05, 3.63) is 57.5 Å². The predicted octanol–water partition coefficient (Wildman–Crippen LogP) is 4.43. The fraction of sp³-hybridized carbons (Fsp3) is 0.250. The lowest BCUT2D eigenvalue weighted by Gasteiger charge is -2.10. The predicted molar refractivity (Wildman–Crippen MR) is 102 cm³/mol. The molecule has 1 aliphatic rings. The van der Waals surface area contributed by atoms with Gasteiger partial charge in [0.2, 0.25) is 0 Å². The van der Waals surface area contributed by atoms with Crippen LogP contribution in [0.5, 0.6) is 0 Å². The quantitative estimate of drug-likeness (QED) is 0.655. The molecule has 2 N–H and O–H groups in total. The summed E-state index contributed by atoms with van der Waals surface area (Å²) in [6.07, 6.45) is 5.86. The van der Waals surface area contributed by atoms with Crippen LogP contribution in [0.2, 0.25) is 0 Å². The Hall–Kier alpha value is -2.71. The van der Waals surface area contributed by atoms with Gasteiger partial charge in [0.15, 0.2) is 0 Å². The van der Waals surface area contributed by atoms with Crippen LogP contribution in [0.3, 0.4) is 0 Å². The van der Waals surface area contributed by atoms with Crippen molar-refractivity contribution in [3.8, 4) is 6.07 Å². The van der Waals surface area contributed by atoms with Gasteiger partial charge in [-0.3, -0.25) is 4.79 Å². The number of carbonyl (C=O) groups is 1. The molecule has 1 aromatic carbocycles. The molecule has 0 aliphatic heterocycles. The first-order valence-electron chi connectivity index (χ1n) is 8.27. The zero-order valence-electron chi connectivity index (χ0n) is 14.1. The second kappa shape index (κ2) is 7.45. The standard InChI is InChI=1S/C20H19N3OS/c1-13(15(12-21)11-14-7-3-2-4-8-14)23-20-18(19(22)24)16-9-5-6-10-17(16)25-20/h2-4,7-8,11H,5-6,9-10H2,1H3,(H2,22,24)/b15-11-,23-13+. The van der Waals surface area contributed by atoms with Gasteiger partial charge in [-0.2, -0.15) is 5.26 Å². The molecule has 5 heteroatoms. The van der Waals surface area contributed by atoms with Gasteiger partial charge in [-0.25, -0.2) is 4.99 Å². The van der Waals surface area contributed by atoms with Crippen molar-refractivity contribution >= 4 is 34.0 Å². The van der Waals surface area contributed by atoms with E-state index < -0.39 is 5.91 Å². The lowest BCUT2D eigenvalue weighted by molar-refractivity contribution is 0.100. The summed E-state index contributed by atoms with van der Waals surface area (Å²) in [4.78, 5) is 17.7. The van der Waals surface area contributed by atoms with Crippen LogP contribution >= 0.6 is 11.3 Å². The van der Waals surface area contributed by atoms with Crippen LogP contribution in [0.15, 0.2) is 40.9 Å². The molecule has 0 atom stereocenters. The molecule has 1 aliphatic carbocycles. The van der Waals surface area contributed by atoms with Crippen LogP contribution in [0, 0.1) is 11.3 Å². The molecule has 0 radical (unpaired) electrons. The van der Waals surface area contributed by atoms with Gasteiger partial charge < -0.3 is 5.73 Å². The maximum Gasteiger partial charge on any atom is 0.252 e. The first-order chi connectivity index (χ1) is 12.1. The number of hydrogen-bond acceptors (Lipinski definition) is 4. The Labute approximate surface area is 151 Å². The second-order valence-corrected chi connectivity index (χ2v) is 7.12. The summed E-state index contributed by atoms with van der Waals surface area (Å²) in [5.74, 6) is -0.434. The zero-order valence-corrected chi connectivity index (χ0v) is 14.9. The Morgan fingerprint density at radius 2 is 2.00 bits per heavy atom. The number of thiophene rings is 1. The van der Waals surface area contributed by atoms with Crippen molar-refractivity contribution in [2.24, 2.45) is 10.7 Å². The number of aliphatic imine (C=N–C) groups is 1. The van der Waals surface area contributed by atoms with E-state index in [1.54, 1.807) is 13.0 Å². The average molecular weight is 349 g/mol. The van der Waals surface area contributed by atoms with Gasteiger partial charge in [0.1, 0.15) is 11.1 Å². The summed E-state index contributed by atoms with van der Waals surface area (Å²) in [5, 5.41) is 10.1. The Morgan fingerprint density at radius 3 is 2.68 bits per heavy atom. The molecule has 0 unspecified atom stereocenters. The first-order valence-corrected chi connectivity index (χ1v) is 9.08. The lowest BCUT2D eigenvalue weighted by atomic mass is 9.95. The number of fused-ring (bicyclic) bond motifs is 1. The number of benzene rings is 1. The van der Waals surface area contributed by atoms with E-state index in [1.165, 1.54) is 16.2 Å². The van der Waals surface area contributed by atoms with Crippen LogP contribution in [-0.4, -0.2) is 11.6 Å². The minimum absolute atomic E-state index is 0.434. The minimum atomic E-state index is -0.434. The highest BCUT2D eigenvalue weighted by molar-refractivity contribution is 7.16. The lowest BCUT2D eigenvalue weighted by Crippen LogP contribution is -2.14. The van der Waals surface area contributed by atoms with Crippen LogP contribution in [0.25, 0.3) is 6.08 Å². The monoisotopic (exact) mass is 349 g/mol. The maximum absolute atomic E-state index is 11.9. The van der Waals surface area contributed by atoms with Crippen molar-refractivity contribution in [2.45, 2.75) is 32.6 Å². The van der Waals surface area contributed by atoms with Crippen LogP contribution in [0.1, 0.15) is 46.1 Å². The topological polar surface area (TPSA) is 79.2 Å². The second-order valence-electron chi connectivity index (χ2n) is 6.03. The highest BCUT2D eigenvalue weighted by atomic mass is 32.1. The number of aryl methyl sites for hydroxylation is 1. The molecular formula is C20H19N3OS. The summed E-state index contributed by atoms with van der Waals surface area (Å²) in [6, 6.07) is 11.8. The highest BCUT2D eigenvalue weighted by Crippen LogP contribution is 2.39. The van der Waals surface area contributed by atoms with Gasteiger partial charge >= 0.3 is 0 Å². The summed E-state index contributed by atoms with van der Waals surface area (Å²) in [6.45, 7) is 1.79. The van der Waals surface area contributed by atoms with E-state index >= 15 is 0 Å². The fourth-order valence-corrected chi connectivity index (χ4v) is 4.35. The minimum Gasteiger partial charge on any atom is -0.365 e. The highest BCUT2D eigenvalue weighted by Gasteiger charge is 2.24. The molecule has 4 nitrogen and oxygen atoms in total. The van der Waals surface area contributed by atoms with Gasteiger partial charge in [0.25, 0.3) is 5.91 Å². The summed E-state index contributed by atoms with van der Waals surface area (Å²) in [5.41, 5.74) is 9.21. The third-order valence-corrected chi connectivity index (χ3v) is 5.47. The molecule has 0 saturated heterocycles. The molecule has 1 amide bonds. The van der Waals surface area contributed by atoms with Crippen LogP contribution in [-0.2, 0) is 12.8 Å². The Balaban J connectivity index is 2.02. The molecular weight excluding hydrogens is 330 g/mol. The molecule has 126 valence electrons. The van der Waals surface area contributed by atoms with Gasteiger partial charge in [0.05, 0.1) is 16.8 Å². The van der Waals surface area contributed by atoms with Crippen molar-refractivity contribution in [1.29, 1.82) is 5.26 Å². The average Bonchev–Trinajstić information content (AvgIpc) is 2.98. The first kappa shape index (κ1) is 17.1. The Kier molecular flexibility index (Phi) is 5.11. The van der Waals surface area contributed by atoms with Gasteiger partial charge in [-0.05, 0) is 49.8 Å². The van der Waals surface area contributed by atoms with Crippen LogP contribution < -0.4 is 5.73 Å². The van der Waals surface area contributed by atoms with Crippen molar-refractivity contribution < 1.29 is 4.79 Å². The summed E-state index contributed by atoms with van der Waals surface area (Å²) in [7, 11) is 0. The van der Waals surface area contributed by atoms with E-state index in [4.69, 9.17) is 5.73 Å².